The van der Waals surface area contributed by atoms with E-state index in [0.29, 0.717) is 25.3 Å². The van der Waals surface area contributed by atoms with Gasteiger partial charge in [0.25, 0.3) is 0 Å². The van der Waals surface area contributed by atoms with Crippen molar-refractivity contribution in [2.75, 3.05) is 26.8 Å². The Hall–Kier alpha value is -2.14. The Labute approximate surface area is 200 Å². The van der Waals surface area contributed by atoms with Crippen LogP contribution in [-0.4, -0.2) is 65.8 Å². The molecule has 1 aliphatic carbocycles. The third-order valence-electron chi connectivity index (χ3n) is 7.81. The highest BCUT2D eigenvalue weighted by molar-refractivity contribution is 5.87. The third-order valence-corrected chi connectivity index (χ3v) is 7.81. The number of nitrogens with zero attached hydrogens (tertiary/aromatic N) is 3. The largest absolute Gasteiger partial charge is 0.417 e. The predicted molar refractivity (Wildman–Crippen MR) is 115 cm³/mol. The lowest BCUT2D eigenvalue weighted by Crippen LogP contribution is -2.49. The average Bonchev–Trinajstić information content (AvgIpc) is 3.27. The van der Waals surface area contributed by atoms with Crippen molar-refractivity contribution in [2.24, 2.45) is 5.41 Å². The maximum atomic E-state index is 13.9. The molecule has 4 rings (SSSR count). The van der Waals surface area contributed by atoms with E-state index in [1.165, 1.54) is 4.90 Å². The van der Waals surface area contributed by atoms with Crippen molar-refractivity contribution in [3.63, 3.8) is 0 Å². The van der Waals surface area contributed by atoms with E-state index in [4.69, 9.17) is 4.74 Å². The maximum absolute atomic E-state index is 13.9. The number of hydrogen-bond acceptors (Lipinski definition) is 4. The zero-order valence-corrected chi connectivity index (χ0v) is 19.5. The number of carbonyl (C=O) groups excluding carboxylic acids is 1. The summed E-state index contributed by atoms with van der Waals surface area (Å²) in [5.41, 5.74) is -3.23. The first-order valence-corrected chi connectivity index (χ1v) is 11.7. The minimum Gasteiger partial charge on any atom is -0.381 e. The predicted octanol–water partition coefficient (Wildman–Crippen LogP) is 4.75. The number of carbonyl (C=O) groups is 1. The summed E-state index contributed by atoms with van der Waals surface area (Å²) in [7, 11) is 1.87. The summed E-state index contributed by atoms with van der Waals surface area (Å²) in [4.78, 5) is 20.9. The summed E-state index contributed by atoms with van der Waals surface area (Å²) < 4.78 is 86.7. The maximum Gasteiger partial charge on any atom is 0.417 e. The highest BCUT2D eigenvalue weighted by Gasteiger charge is 2.57. The zero-order valence-electron chi connectivity index (χ0n) is 19.5. The van der Waals surface area contributed by atoms with Gasteiger partial charge in [-0.1, -0.05) is 6.58 Å². The number of fused-ring (bicyclic) bond motifs is 1. The van der Waals surface area contributed by atoms with Crippen LogP contribution in [0.1, 0.15) is 48.9 Å². The van der Waals surface area contributed by atoms with Gasteiger partial charge in [-0.25, -0.2) is 0 Å². The SMILES string of the molecule is C=C(C(F)(F)F)[C@]1(C(=O)N2CCc3ncc(C(F)(F)F)cc3C2)CC[C@@H](N(C)C2CCOCC2)C1. The van der Waals surface area contributed by atoms with E-state index >= 15 is 0 Å². The Morgan fingerprint density at radius 2 is 1.86 bits per heavy atom. The monoisotopic (exact) mass is 505 g/mol. The number of ether oxygens (including phenoxy) is 1. The number of rotatable bonds is 4. The molecule has 1 saturated heterocycles. The molecular formula is C24H29F6N3O2. The lowest BCUT2D eigenvalue weighted by molar-refractivity contribution is -0.150. The molecule has 1 saturated carbocycles. The van der Waals surface area contributed by atoms with Crippen molar-refractivity contribution in [3.8, 4) is 0 Å². The van der Waals surface area contributed by atoms with E-state index < -0.39 is 34.8 Å². The molecule has 194 valence electrons. The van der Waals surface area contributed by atoms with E-state index in [1.54, 1.807) is 0 Å². The fraction of sp³-hybridized carbons (Fsp3) is 0.667. The Balaban J connectivity index is 1.59. The summed E-state index contributed by atoms with van der Waals surface area (Å²) in [6.45, 7) is 4.38. The smallest absolute Gasteiger partial charge is 0.381 e. The summed E-state index contributed by atoms with van der Waals surface area (Å²) in [5, 5.41) is 0. The Kier molecular flexibility index (Phi) is 6.95. The van der Waals surface area contributed by atoms with Gasteiger partial charge >= 0.3 is 12.4 Å². The van der Waals surface area contributed by atoms with Crippen LogP contribution < -0.4 is 0 Å². The fourth-order valence-electron chi connectivity index (χ4n) is 5.68. The van der Waals surface area contributed by atoms with Crippen LogP contribution in [0.3, 0.4) is 0 Å². The number of pyridine rings is 1. The van der Waals surface area contributed by atoms with Crippen LogP contribution in [0.25, 0.3) is 0 Å². The Morgan fingerprint density at radius 3 is 2.49 bits per heavy atom. The Morgan fingerprint density at radius 1 is 1.17 bits per heavy atom. The van der Waals surface area contributed by atoms with Gasteiger partial charge < -0.3 is 14.5 Å². The van der Waals surface area contributed by atoms with E-state index in [0.717, 1.165) is 25.1 Å². The van der Waals surface area contributed by atoms with Gasteiger partial charge in [0, 0.05) is 62.3 Å². The number of hydrogen-bond donors (Lipinski definition) is 0. The molecule has 0 radical (unpaired) electrons. The molecule has 0 unspecified atom stereocenters. The first-order valence-electron chi connectivity index (χ1n) is 11.7. The lowest BCUT2D eigenvalue weighted by Gasteiger charge is -2.40. The Bertz CT molecular complexity index is 973. The molecule has 1 amide bonds. The highest BCUT2D eigenvalue weighted by atomic mass is 19.4. The molecule has 0 N–H and O–H groups in total. The molecule has 5 nitrogen and oxygen atoms in total. The van der Waals surface area contributed by atoms with E-state index in [-0.39, 0.29) is 50.0 Å². The van der Waals surface area contributed by atoms with Crippen molar-refractivity contribution in [1.29, 1.82) is 0 Å². The standard InChI is InChI=1S/C24H29F6N3O2/c1-15(23(25,26)27)22(7-3-19(12-22)32(2)18-5-9-35-10-6-18)21(34)33-8-4-20-16(14-33)11-17(13-31-20)24(28,29)30/h11,13,18-19H,1,3-10,12,14H2,2H3/t19-,22+/m1/s1. The molecule has 11 heteroatoms. The van der Waals surface area contributed by atoms with Gasteiger partial charge in [-0.3, -0.25) is 9.78 Å². The molecule has 1 aromatic heterocycles. The second kappa shape index (κ2) is 9.38. The number of halogens is 6. The van der Waals surface area contributed by atoms with Crippen LogP contribution >= 0.6 is 0 Å². The van der Waals surface area contributed by atoms with Crippen molar-refractivity contribution < 1.29 is 35.9 Å². The minimum atomic E-state index is -4.76. The van der Waals surface area contributed by atoms with Crippen molar-refractivity contribution >= 4 is 5.91 Å². The number of alkyl halides is 6. The second-order valence-electron chi connectivity index (χ2n) is 9.77. The molecule has 35 heavy (non-hydrogen) atoms. The van der Waals surface area contributed by atoms with E-state index in [9.17, 15) is 31.1 Å². The summed E-state index contributed by atoms with van der Waals surface area (Å²) in [5.74, 6) is -0.717. The summed E-state index contributed by atoms with van der Waals surface area (Å²) >= 11 is 0. The molecule has 3 heterocycles. The van der Waals surface area contributed by atoms with Crippen molar-refractivity contribution in [1.82, 2.24) is 14.8 Å². The minimum absolute atomic E-state index is 0.00734. The molecule has 3 aliphatic rings. The topological polar surface area (TPSA) is 45.7 Å². The molecular weight excluding hydrogens is 476 g/mol. The van der Waals surface area contributed by atoms with Gasteiger partial charge in [0.05, 0.1) is 11.0 Å². The molecule has 0 bridgehead atoms. The third kappa shape index (κ3) is 5.07. The molecule has 2 fully saturated rings. The normalized spacial score (nSPS) is 26.2. The molecule has 2 aliphatic heterocycles. The quantitative estimate of drug-likeness (QED) is 0.438. The van der Waals surface area contributed by atoms with Crippen LogP contribution in [0.2, 0.25) is 0 Å². The van der Waals surface area contributed by atoms with Crippen molar-refractivity contribution in [3.05, 3.63) is 41.2 Å². The zero-order chi connectivity index (χ0) is 25.6. The van der Waals surface area contributed by atoms with E-state index in [1.807, 2.05) is 7.05 Å². The van der Waals surface area contributed by atoms with Crippen LogP contribution in [0.4, 0.5) is 26.3 Å². The van der Waals surface area contributed by atoms with Gasteiger partial charge in [0.2, 0.25) is 5.91 Å². The molecule has 1 aromatic rings. The van der Waals surface area contributed by atoms with Gasteiger partial charge in [-0.05, 0) is 50.8 Å². The number of amides is 1. The molecule has 2 atom stereocenters. The van der Waals surface area contributed by atoms with Crippen LogP contribution in [0.15, 0.2) is 24.4 Å². The van der Waals surface area contributed by atoms with Gasteiger partial charge in [0.1, 0.15) is 0 Å². The summed E-state index contributed by atoms with van der Waals surface area (Å²) in [6.07, 6.45) is -6.53. The van der Waals surface area contributed by atoms with Crippen LogP contribution in [0.5, 0.6) is 0 Å². The van der Waals surface area contributed by atoms with Gasteiger partial charge in [-0.15, -0.1) is 0 Å². The van der Waals surface area contributed by atoms with Gasteiger partial charge in [-0.2, -0.15) is 26.3 Å². The molecule has 0 aromatic carbocycles. The van der Waals surface area contributed by atoms with Crippen LogP contribution in [0, 0.1) is 5.41 Å². The number of aromatic nitrogens is 1. The highest BCUT2D eigenvalue weighted by Crippen LogP contribution is 2.52. The first-order chi connectivity index (χ1) is 16.3. The van der Waals surface area contributed by atoms with Crippen molar-refractivity contribution in [2.45, 2.75) is 69.5 Å². The van der Waals surface area contributed by atoms with Crippen LogP contribution in [-0.2, 0) is 28.7 Å². The first kappa shape index (κ1) is 25.9. The fourth-order valence-corrected chi connectivity index (χ4v) is 5.68. The second-order valence-corrected chi connectivity index (χ2v) is 9.77. The molecule has 0 spiro atoms. The van der Waals surface area contributed by atoms with E-state index in [2.05, 4.69) is 16.5 Å². The lowest BCUT2D eigenvalue weighted by atomic mass is 9.76. The average molecular weight is 506 g/mol. The van der Waals surface area contributed by atoms with Gasteiger partial charge in [0.15, 0.2) is 0 Å². The summed E-state index contributed by atoms with van der Waals surface area (Å²) in [6, 6.07) is 0.855.